The lowest BCUT2D eigenvalue weighted by Gasteiger charge is -2.33. The number of rotatable bonds is 2. The Morgan fingerprint density at radius 3 is 2.86 bits per heavy atom. The number of nitrogens with zero attached hydrogens (tertiary/aromatic N) is 2. The van der Waals surface area contributed by atoms with Gasteiger partial charge in [0.1, 0.15) is 0 Å². The zero-order chi connectivity index (χ0) is 16.1. The quantitative estimate of drug-likeness (QED) is 0.849. The van der Waals surface area contributed by atoms with Crippen molar-refractivity contribution in [2.45, 2.75) is 12.8 Å². The maximum absolute atomic E-state index is 12.4. The summed E-state index contributed by atoms with van der Waals surface area (Å²) >= 11 is 0. The Hall–Kier alpha value is -2.48. The number of urea groups is 1. The van der Waals surface area contributed by atoms with Gasteiger partial charge in [0.05, 0.1) is 5.92 Å². The van der Waals surface area contributed by atoms with Gasteiger partial charge in [-0.15, -0.1) is 6.42 Å². The highest BCUT2D eigenvalue weighted by atomic mass is 16.2. The van der Waals surface area contributed by atoms with E-state index in [0.717, 1.165) is 18.4 Å². The summed E-state index contributed by atoms with van der Waals surface area (Å²) in [5, 5.41) is 2.89. The number of amides is 3. The van der Waals surface area contributed by atoms with E-state index in [0.29, 0.717) is 18.8 Å². The minimum Gasteiger partial charge on any atom is -0.331 e. The van der Waals surface area contributed by atoms with E-state index in [2.05, 4.69) is 11.2 Å². The van der Waals surface area contributed by atoms with Crippen molar-refractivity contribution in [2.75, 3.05) is 32.5 Å². The molecule has 1 aliphatic rings. The average molecular weight is 299 g/mol. The van der Waals surface area contributed by atoms with Gasteiger partial charge < -0.3 is 15.1 Å². The normalized spacial score (nSPS) is 17.5. The predicted molar refractivity (Wildman–Crippen MR) is 86.4 cm³/mol. The second kappa shape index (κ2) is 6.99. The van der Waals surface area contributed by atoms with Crippen molar-refractivity contribution in [3.63, 3.8) is 0 Å². The Morgan fingerprint density at radius 1 is 1.41 bits per heavy atom. The predicted octanol–water partition coefficient (Wildman–Crippen LogP) is 2.00. The number of hydrogen-bond donors (Lipinski definition) is 1. The van der Waals surface area contributed by atoms with E-state index in [1.807, 2.05) is 18.2 Å². The van der Waals surface area contributed by atoms with Gasteiger partial charge in [-0.05, 0) is 31.0 Å². The molecule has 1 saturated heterocycles. The summed E-state index contributed by atoms with van der Waals surface area (Å²) in [4.78, 5) is 27.7. The number of piperidine rings is 1. The van der Waals surface area contributed by atoms with E-state index in [9.17, 15) is 9.59 Å². The molecule has 1 atom stereocenters. The Labute approximate surface area is 131 Å². The highest BCUT2D eigenvalue weighted by Crippen LogP contribution is 2.20. The van der Waals surface area contributed by atoms with Gasteiger partial charge in [-0.3, -0.25) is 4.79 Å². The first-order valence-corrected chi connectivity index (χ1v) is 7.35. The molecule has 0 bridgehead atoms. The zero-order valence-corrected chi connectivity index (χ0v) is 13.0. The molecule has 1 aromatic rings. The smallest absolute Gasteiger partial charge is 0.319 e. The number of likely N-dealkylation sites (tertiary alicyclic amines) is 1. The van der Waals surface area contributed by atoms with Crippen molar-refractivity contribution in [2.24, 2.45) is 5.92 Å². The summed E-state index contributed by atoms with van der Waals surface area (Å²) < 4.78 is 0. The molecule has 1 fully saturated rings. The maximum atomic E-state index is 12.4. The third-order valence-corrected chi connectivity index (χ3v) is 3.74. The molecule has 116 valence electrons. The minimum atomic E-state index is -0.188. The fourth-order valence-corrected chi connectivity index (χ4v) is 2.58. The van der Waals surface area contributed by atoms with Crippen molar-refractivity contribution in [1.29, 1.82) is 0 Å². The van der Waals surface area contributed by atoms with Crippen LogP contribution in [-0.2, 0) is 4.79 Å². The van der Waals surface area contributed by atoms with E-state index in [1.165, 1.54) is 4.90 Å². The Kier molecular flexibility index (Phi) is 5.05. The van der Waals surface area contributed by atoms with Crippen LogP contribution in [0.5, 0.6) is 0 Å². The molecule has 1 N–H and O–H groups in total. The van der Waals surface area contributed by atoms with Gasteiger partial charge in [0.25, 0.3) is 0 Å². The van der Waals surface area contributed by atoms with Crippen LogP contribution in [0.3, 0.4) is 0 Å². The van der Waals surface area contributed by atoms with Crippen LogP contribution in [0, 0.1) is 18.3 Å². The van der Waals surface area contributed by atoms with Gasteiger partial charge in [0.2, 0.25) is 5.91 Å². The van der Waals surface area contributed by atoms with E-state index < -0.39 is 0 Å². The van der Waals surface area contributed by atoms with Gasteiger partial charge in [-0.1, -0.05) is 12.0 Å². The topological polar surface area (TPSA) is 52.7 Å². The van der Waals surface area contributed by atoms with Gasteiger partial charge in [-0.25, -0.2) is 4.79 Å². The zero-order valence-electron chi connectivity index (χ0n) is 13.0. The first-order valence-electron chi connectivity index (χ1n) is 7.35. The van der Waals surface area contributed by atoms with E-state index in [1.54, 1.807) is 25.1 Å². The van der Waals surface area contributed by atoms with Crippen LogP contribution in [0.15, 0.2) is 24.3 Å². The van der Waals surface area contributed by atoms with Crippen molar-refractivity contribution < 1.29 is 9.59 Å². The Morgan fingerprint density at radius 2 is 2.18 bits per heavy atom. The average Bonchev–Trinajstić information content (AvgIpc) is 2.54. The van der Waals surface area contributed by atoms with E-state index in [4.69, 9.17) is 6.42 Å². The standard InChI is InChI=1S/C17H21N3O2/c1-4-13-7-5-9-15(11-13)18-16(21)14-8-6-10-20(12-14)17(22)19(2)3/h1,5,7,9,11,14H,6,8,10,12H2,2-3H3,(H,18,21). The highest BCUT2D eigenvalue weighted by Gasteiger charge is 2.29. The monoisotopic (exact) mass is 299 g/mol. The second-order valence-corrected chi connectivity index (χ2v) is 5.68. The summed E-state index contributed by atoms with van der Waals surface area (Å²) in [5.74, 6) is 2.29. The van der Waals surface area contributed by atoms with Crippen molar-refractivity contribution in [3.05, 3.63) is 29.8 Å². The number of anilines is 1. The van der Waals surface area contributed by atoms with Crippen LogP contribution in [0.1, 0.15) is 18.4 Å². The molecular weight excluding hydrogens is 278 g/mol. The first-order chi connectivity index (χ1) is 10.5. The summed E-state index contributed by atoms with van der Waals surface area (Å²) in [6.07, 6.45) is 6.99. The first kappa shape index (κ1) is 15.9. The largest absolute Gasteiger partial charge is 0.331 e. The SMILES string of the molecule is C#Cc1cccc(NC(=O)C2CCCN(C(=O)N(C)C)C2)c1. The molecule has 0 spiro atoms. The molecule has 5 heteroatoms. The Bertz CT molecular complexity index is 604. The molecule has 22 heavy (non-hydrogen) atoms. The third-order valence-electron chi connectivity index (χ3n) is 3.74. The molecule has 0 saturated carbocycles. The van der Waals surface area contributed by atoms with E-state index in [-0.39, 0.29) is 17.9 Å². The molecule has 5 nitrogen and oxygen atoms in total. The van der Waals surface area contributed by atoms with Crippen LogP contribution >= 0.6 is 0 Å². The number of carbonyl (C=O) groups is 2. The van der Waals surface area contributed by atoms with Crippen LogP contribution < -0.4 is 5.32 Å². The molecule has 1 heterocycles. The summed E-state index contributed by atoms with van der Waals surface area (Å²) in [7, 11) is 3.44. The van der Waals surface area contributed by atoms with Crippen LogP contribution in [0.2, 0.25) is 0 Å². The van der Waals surface area contributed by atoms with Crippen molar-refractivity contribution in [3.8, 4) is 12.3 Å². The lowest BCUT2D eigenvalue weighted by molar-refractivity contribution is -0.121. The highest BCUT2D eigenvalue weighted by molar-refractivity contribution is 5.93. The number of hydrogen-bond acceptors (Lipinski definition) is 2. The Balaban J connectivity index is 2.00. The molecule has 3 amide bonds. The molecule has 1 aliphatic heterocycles. The molecule has 0 aromatic heterocycles. The molecule has 0 aliphatic carbocycles. The molecular formula is C17H21N3O2. The van der Waals surface area contributed by atoms with Crippen LogP contribution in [0.4, 0.5) is 10.5 Å². The van der Waals surface area contributed by atoms with Crippen LogP contribution in [0.25, 0.3) is 0 Å². The molecule has 1 aromatic carbocycles. The molecule has 2 rings (SSSR count). The number of benzene rings is 1. The van der Waals surface area contributed by atoms with Crippen LogP contribution in [-0.4, -0.2) is 48.9 Å². The fourth-order valence-electron chi connectivity index (χ4n) is 2.58. The van der Waals surface area contributed by atoms with Gasteiger partial charge >= 0.3 is 6.03 Å². The van der Waals surface area contributed by atoms with Gasteiger partial charge in [0.15, 0.2) is 0 Å². The number of nitrogens with one attached hydrogen (secondary N) is 1. The summed E-state index contributed by atoms with van der Waals surface area (Å²) in [5.41, 5.74) is 1.42. The number of terminal acetylenes is 1. The number of carbonyl (C=O) groups excluding carboxylic acids is 2. The third kappa shape index (κ3) is 3.79. The van der Waals surface area contributed by atoms with Crippen molar-refractivity contribution >= 4 is 17.6 Å². The lowest BCUT2D eigenvalue weighted by atomic mass is 9.97. The van der Waals surface area contributed by atoms with Gasteiger partial charge in [0, 0.05) is 38.4 Å². The fraction of sp³-hybridized carbons (Fsp3) is 0.412. The van der Waals surface area contributed by atoms with E-state index >= 15 is 0 Å². The second-order valence-electron chi connectivity index (χ2n) is 5.68. The lowest BCUT2D eigenvalue weighted by Crippen LogP contribution is -2.47. The summed E-state index contributed by atoms with van der Waals surface area (Å²) in [6, 6.07) is 7.15. The molecule has 1 unspecified atom stereocenters. The minimum absolute atomic E-state index is 0.0492. The summed E-state index contributed by atoms with van der Waals surface area (Å²) in [6.45, 7) is 1.16. The van der Waals surface area contributed by atoms with Crippen molar-refractivity contribution in [1.82, 2.24) is 9.80 Å². The maximum Gasteiger partial charge on any atom is 0.319 e. The molecule has 0 radical (unpaired) electrons. The van der Waals surface area contributed by atoms with Gasteiger partial charge in [-0.2, -0.15) is 0 Å².